The third-order valence-electron chi connectivity index (χ3n) is 3.57. The minimum absolute atomic E-state index is 0.437. The molecule has 1 heterocycles. The molecule has 3 heteroatoms. The Hall–Kier alpha value is -0.830. The topological polar surface area (TPSA) is 29.9 Å². The fourth-order valence-corrected chi connectivity index (χ4v) is 2.41. The van der Waals surface area contributed by atoms with Gasteiger partial charge in [0.2, 0.25) is 0 Å². The summed E-state index contributed by atoms with van der Waals surface area (Å²) in [7, 11) is 2.04. The molecule has 0 saturated carbocycles. The van der Waals surface area contributed by atoms with Gasteiger partial charge in [0.05, 0.1) is 18.1 Å². The monoisotopic (exact) mass is 265 g/mol. The maximum atomic E-state index is 4.50. The summed E-state index contributed by atoms with van der Waals surface area (Å²) in [6.07, 6.45) is 14.6. The molecule has 1 aromatic heterocycles. The molecule has 1 rings (SSSR count). The van der Waals surface area contributed by atoms with E-state index in [1.54, 1.807) is 0 Å². The van der Waals surface area contributed by atoms with E-state index in [2.05, 4.69) is 30.3 Å². The van der Waals surface area contributed by atoms with E-state index < -0.39 is 0 Å². The van der Waals surface area contributed by atoms with Gasteiger partial charge in [0.15, 0.2) is 0 Å². The first-order chi connectivity index (χ1) is 9.27. The number of hydrogen-bond donors (Lipinski definition) is 1. The SMILES string of the molecule is CCCCCCCCC(NCCC)c1cn(C)cn1. The molecule has 0 amide bonds. The molecule has 0 fully saturated rings. The van der Waals surface area contributed by atoms with E-state index in [0.717, 1.165) is 6.54 Å². The summed E-state index contributed by atoms with van der Waals surface area (Å²) in [6.45, 7) is 5.57. The van der Waals surface area contributed by atoms with Gasteiger partial charge >= 0.3 is 0 Å². The van der Waals surface area contributed by atoms with Crippen LogP contribution < -0.4 is 5.32 Å². The van der Waals surface area contributed by atoms with Crippen LogP contribution in [-0.2, 0) is 7.05 Å². The summed E-state index contributed by atoms with van der Waals surface area (Å²) >= 11 is 0. The van der Waals surface area contributed by atoms with E-state index in [0.29, 0.717) is 6.04 Å². The van der Waals surface area contributed by atoms with Crippen molar-refractivity contribution in [1.82, 2.24) is 14.9 Å². The van der Waals surface area contributed by atoms with Crippen molar-refractivity contribution in [3.8, 4) is 0 Å². The van der Waals surface area contributed by atoms with Gasteiger partial charge in [-0.1, -0.05) is 52.4 Å². The number of aromatic nitrogens is 2. The lowest BCUT2D eigenvalue weighted by Gasteiger charge is -2.16. The summed E-state index contributed by atoms with van der Waals surface area (Å²) in [5, 5.41) is 3.63. The van der Waals surface area contributed by atoms with Gasteiger partial charge in [-0.25, -0.2) is 4.98 Å². The van der Waals surface area contributed by atoms with E-state index >= 15 is 0 Å². The molecular formula is C16H31N3. The first kappa shape index (κ1) is 16.2. The fraction of sp³-hybridized carbons (Fsp3) is 0.812. The predicted molar refractivity (Wildman–Crippen MR) is 82.2 cm³/mol. The zero-order chi connectivity index (χ0) is 13.9. The Morgan fingerprint density at radius 1 is 1.11 bits per heavy atom. The Morgan fingerprint density at radius 3 is 2.47 bits per heavy atom. The lowest BCUT2D eigenvalue weighted by molar-refractivity contribution is 0.459. The molecule has 110 valence electrons. The van der Waals surface area contributed by atoms with Crippen LogP contribution >= 0.6 is 0 Å². The van der Waals surface area contributed by atoms with Gasteiger partial charge in [-0.05, 0) is 19.4 Å². The standard InChI is InChI=1S/C16H31N3/c1-4-6-7-8-9-10-11-15(17-12-5-2)16-13-19(3)14-18-16/h13-15,17H,4-12H2,1-3H3. The van der Waals surface area contributed by atoms with E-state index in [9.17, 15) is 0 Å². The van der Waals surface area contributed by atoms with Crippen LogP contribution in [0, 0.1) is 0 Å². The zero-order valence-electron chi connectivity index (χ0n) is 13.0. The molecule has 0 saturated heterocycles. The highest BCUT2D eigenvalue weighted by molar-refractivity contribution is 5.03. The summed E-state index contributed by atoms with van der Waals surface area (Å²) in [5.74, 6) is 0. The Balaban J connectivity index is 2.29. The summed E-state index contributed by atoms with van der Waals surface area (Å²) in [6, 6.07) is 0.437. The van der Waals surface area contributed by atoms with Crippen molar-refractivity contribution in [3.63, 3.8) is 0 Å². The van der Waals surface area contributed by atoms with Gasteiger partial charge in [0.25, 0.3) is 0 Å². The number of rotatable bonds is 11. The second-order valence-electron chi connectivity index (χ2n) is 5.53. The Labute approximate surface area is 118 Å². The van der Waals surface area contributed by atoms with Gasteiger partial charge in [-0.2, -0.15) is 0 Å². The van der Waals surface area contributed by atoms with Crippen LogP contribution in [0.3, 0.4) is 0 Å². The number of imidazole rings is 1. The highest BCUT2D eigenvalue weighted by Crippen LogP contribution is 2.19. The van der Waals surface area contributed by atoms with Crippen LogP contribution in [-0.4, -0.2) is 16.1 Å². The van der Waals surface area contributed by atoms with Crippen molar-refractivity contribution in [2.24, 2.45) is 7.05 Å². The Kier molecular flexibility index (Phi) is 8.55. The zero-order valence-corrected chi connectivity index (χ0v) is 13.0. The third-order valence-corrected chi connectivity index (χ3v) is 3.57. The fourth-order valence-electron chi connectivity index (χ4n) is 2.41. The Bertz CT molecular complexity index is 320. The van der Waals surface area contributed by atoms with Crippen LogP contribution in [0.4, 0.5) is 0 Å². The molecule has 1 unspecified atom stereocenters. The van der Waals surface area contributed by atoms with Gasteiger partial charge in [0, 0.05) is 13.2 Å². The smallest absolute Gasteiger partial charge is 0.0947 e. The van der Waals surface area contributed by atoms with Gasteiger partial charge in [0.1, 0.15) is 0 Å². The molecule has 0 aromatic carbocycles. The van der Waals surface area contributed by atoms with Crippen molar-refractivity contribution in [1.29, 1.82) is 0 Å². The lowest BCUT2D eigenvalue weighted by Crippen LogP contribution is -2.22. The maximum absolute atomic E-state index is 4.50. The number of unbranched alkanes of at least 4 members (excludes halogenated alkanes) is 5. The molecule has 1 N–H and O–H groups in total. The maximum Gasteiger partial charge on any atom is 0.0947 e. The molecule has 0 radical (unpaired) electrons. The van der Waals surface area contributed by atoms with Crippen LogP contribution in [0.15, 0.2) is 12.5 Å². The van der Waals surface area contributed by atoms with Crippen molar-refractivity contribution in [3.05, 3.63) is 18.2 Å². The molecule has 19 heavy (non-hydrogen) atoms. The van der Waals surface area contributed by atoms with Crippen molar-refractivity contribution in [2.45, 2.75) is 71.3 Å². The third kappa shape index (κ3) is 6.76. The van der Waals surface area contributed by atoms with Crippen molar-refractivity contribution in [2.75, 3.05) is 6.54 Å². The van der Waals surface area contributed by atoms with E-state index in [1.165, 1.54) is 57.1 Å². The van der Waals surface area contributed by atoms with Crippen molar-refractivity contribution >= 4 is 0 Å². The highest BCUT2D eigenvalue weighted by atomic mass is 15.0. The number of nitrogens with one attached hydrogen (secondary N) is 1. The quantitative estimate of drug-likeness (QED) is 0.607. The highest BCUT2D eigenvalue weighted by Gasteiger charge is 2.12. The Morgan fingerprint density at radius 2 is 1.84 bits per heavy atom. The molecule has 3 nitrogen and oxygen atoms in total. The minimum Gasteiger partial charge on any atom is -0.340 e. The lowest BCUT2D eigenvalue weighted by atomic mass is 10.0. The number of nitrogens with zero attached hydrogens (tertiary/aromatic N) is 2. The summed E-state index contributed by atoms with van der Waals surface area (Å²) < 4.78 is 2.04. The summed E-state index contributed by atoms with van der Waals surface area (Å²) in [5.41, 5.74) is 1.20. The number of aryl methyl sites for hydroxylation is 1. The van der Waals surface area contributed by atoms with Crippen LogP contribution in [0.1, 0.15) is 76.9 Å². The second-order valence-corrected chi connectivity index (χ2v) is 5.53. The van der Waals surface area contributed by atoms with Crippen LogP contribution in [0.25, 0.3) is 0 Å². The molecule has 1 atom stereocenters. The first-order valence-corrected chi connectivity index (χ1v) is 7.99. The van der Waals surface area contributed by atoms with Gasteiger partial charge < -0.3 is 9.88 Å². The first-order valence-electron chi connectivity index (χ1n) is 7.99. The van der Waals surface area contributed by atoms with Gasteiger partial charge in [-0.15, -0.1) is 0 Å². The van der Waals surface area contributed by atoms with Crippen LogP contribution in [0.5, 0.6) is 0 Å². The molecule has 0 bridgehead atoms. The largest absolute Gasteiger partial charge is 0.340 e. The normalized spacial score (nSPS) is 12.8. The molecule has 0 aliphatic carbocycles. The van der Waals surface area contributed by atoms with E-state index in [1.807, 2.05) is 17.9 Å². The molecule has 0 spiro atoms. The van der Waals surface area contributed by atoms with E-state index in [4.69, 9.17) is 0 Å². The predicted octanol–water partition coefficient (Wildman–Crippen LogP) is 4.21. The van der Waals surface area contributed by atoms with Crippen molar-refractivity contribution < 1.29 is 0 Å². The average Bonchev–Trinajstić information content (AvgIpc) is 2.83. The second kappa shape index (κ2) is 10.0. The molecule has 0 aliphatic heterocycles. The van der Waals surface area contributed by atoms with Crippen LogP contribution in [0.2, 0.25) is 0 Å². The molecule has 1 aromatic rings. The summed E-state index contributed by atoms with van der Waals surface area (Å²) in [4.78, 5) is 4.50. The van der Waals surface area contributed by atoms with E-state index in [-0.39, 0.29) is 0 Å². The molecule has 0 aliphatic rings. The van der Waals surface area contributed by atoms with Gasteiger partial charge in [-0.3, -0.25) is 0 Å². The minimum atomic E-state index is 0.437. The molecular weight excluding hydrogens is 234 g/mol. The number of hydrogen-bond acceptors (Lipinski definition) is 2. The average molecular weight is 265 g/mol.